The molecule has 4 heterocycles. The van der Waals surface area contributed by atoms with E-state index in [2.05, 4.69) is 29.9 Å². The summed E-state index contributed by atoms with van der Waals surface area (Å²) in [5.41, 5.74) is 2.50. The summed E-state index contributed by atoms with van der Waals surface area (Å²) in [6.45, 7) is 5.31. The van der Waals surface area contributed by atoms with Gasteiger partial charge in [-0.3, -0.25) is 14.3 Å². The minimum Gasteiger partial charge on any atom is -0.453 e. The van der Waals surface area contributed by atoms with Crippen molar-refractivity contribution < 1.29 is 13.3 Å². The van der Waals surface area contributed by atoms with Gasteiger partial charge < -0.3 is 9.73 Å². The van der Waals surface area contributed by atoms with Gasteiger partial charge in [-0.05, 0) is 56.7 Å². The Labute approximate surface area is 208 Å². The average molecular weight is 508 g/mol. The zero-order valence-corrected chi connectivity index (χ0v) is 20.1. The predicted octanol–water partition coefficient (Wildman–Crippen LogP) is 5.18. The van der Waals surface area contributed by atoms with Gasteiger partial charge in [-0.15, -0.1) is 0 Å². The molecule has 11 heteroatoms. The monoisotopic (exact) mass is 507 g/mol. The Bertz CT molecular complexity index is 1740. The fraction of sp³-hybridized carbons (Fsp3) is 0.160. The van der Waals surface area contributed by atoms with E-state index in [4.69, 9.17) is 16.0 Å². The number of halogens is 2. The van der Waals surface area contributed by atoms with Crippen molar-refractivity contribution in [3.63, 3.8) is 0 Å². The number of aromatic nitrogens is 4. The summed E-state index contributed by atoms with van der Waals surface area (Å²) in [6.07, 6.45) is 1.44. The number of nitrogens with zero attached hydrogens (tertiary/aromatic N) is 3. The molecule has 1 aromatic carbocycles. The van der Waals surface area contributed by atoms with Gasteiger partial charge in [0, 0.05) is 17.3 Å². The second-order valence-corrected chi connectivity index (χ2v) is 8.68. The van der Waals surface area contributed by atoms with Crippen molar-refractivity contribution in [1.29, 1.82) is 0 Å². The molecule has 0 saturated carbocycles. The zero-order chi connectivity index (χ0) is 25.6. The lowest BCUT2D eigenvalue weighted by Gasteiger charge is -2.20. The van der Waals surface area contributed by atoms with E-state index in [0.29, 0.717) is 22.2 Å². The number of hydrogen-bond acceptors (Lipinski definition) is 8. The van der Waals surface area contributed by atoms with Gasteiger partial charge in [0.05, 0.1) is 17.1 Å². The van der Waals surface area contributed by atoms with Crippen LogP contribution in [0.5, 0.6) is 0 Å². The Morgan fingerprint density at radius 1 is 1.14 bits per heavy atom. The number of fused-ring (bicyclic) bond motifs is 1. The van der Waals surface area contributed by atoms with Crippen LogP contribution < -0.4 is 16.5 Å². The Morgan fingerprint density at radius 2 is 1.94 bits per heavy atom. The van der Waals surface area contributed by atoms with Crippen molar-refractivity contribution >= 4 is 28.3 Å². The van der Waals surface area contributed by atoms with Crippen molar-refractivity contribution in [2.75, 3.05) is 5.32 Å². The van der Waals surface area contributed by atoms with Crippen LogP contribution in [0.15, 0.2) is 61.1 Å². The van der Waals surface area contributed by atoms with Gasteiger partial charge in [0.15, 0.2) is 17.0 Å². The van der Waals surface area contributed by atoms with E-state index in [1.165, 1.54) is 18.3 Å². The van der Waals surface area contributed by atoms with Crippen molar-refractivity contribution in [2.24, 2.45) is 0 Å². The molecule has 0 amide bonds. The fourth-order valence-electron chi connectivity index (χ4n) is 4.04. The van der Waals surface area contributed by atoms with E-state index >= 15 is 0 Å². The van der Waals surface area contributed by atoms with Gasteiger partial charge in [0.2, 0.25) is 5.82 Å². The van der Waals surface area contributed by atoms with Crippen LogP contribution in [0.3, 0.4) is 0 Å². The predicted molar refractivity (Wildman–Crippen MR) is 133 cm³/mol. The first-order valence-electron chi connectivity index (χ1n) is 10.9. The summed E-state index contributed by atoms with van der Waals surface area (Å²) in [5.74, 6) is -1.17. The van der Waals surface area contributed by atoms with E-state index in [0.717, 1.165) is 5.56 Å². The molecule has 0 radical (unpaired) electrons. The molecule has 36 heavy (non-hydrogen) atoms. The molecule has 5 aromatic rings. The Morgan fingerprint density at radius 3 is 2.67 bits per heavy atom. The van der Waals surface area contributed by atoms with Gasteiger partial charge in [0.1, 0.15) is 22.1 Å². The van der Waals surface area contributed by atoms with E-state index in [1.807, 2.05) is 19.9 Å². The molecule has 0 saturated heterocycles. The summed E-state index contributed by atoms with van der Waals surface area (Å²) in [5, 5.41) is 7.57. The summed E-state index contributed by atoms with van der Waals surface area (Å²) >= 11 is 6.07. The van der Waals surface area contributed by atoms with Crippen molar-refractivity contribution in [2.45, 2.75) is 26.8 Å². The molecule has 0 aliphatic carbocycles. The lowest BCUT2D eigenvalue weighted by Crippen LogP contribution is -2.13. The number of pyridine rings is 2. The highest BCUT2D eigenvalue weighted by Crippen LogP contribution is 2.34. The molecule has 0 aliphatic rings. The van der Waals surface area contributed by atoms with Crippen LogP contribution in [-0.2, 0) is 0 Å². The number of aromatic amines is 1. The molecule has 5 rings (SSSR count). The standard InChI is InChI=1S/C25H19ClFN5O4/c1-11-9-14(13(3)29-17-6-7-18(26)30-20(17)24-31-25(34)36-32-24)23-15(10-11)21(33)12(2)22(35-23)19-16(27)5-4-8-28-19/h4-10,13,29H,1-3H3,(H,31,32,34)/t13-/m1/s1. The van der Waals surface area contributed by atoms with Gasteiger partial charge in [-0.25, -0.2) is 19.2 Å². The maximum absolute atomic E-state index is 14.5. The summed E-state index contributed by atoms with van der Waals surface area (Å²) in [4.78, 5) is 35.6. The topological polar surface area (TPSA) is 127 Å². The average Bonchev–Trinajstić information content (AvgIpc) is 3.29. The first kappa shape index (κ1) is 23.4. The fourth-order valence-corrected chi connectivity index (χ4v) is 4.19. The van der Waals surface area contributed by atoms with Crippen LogP contribution in [0.2, 0.25) is 5.15 Å². The Balaban J connectivity index is 1.66. The third-order valence-electron chi connectivity index (χ3n) is 5.73. The van der Waals surface area contributed by atoms with Gasteiger partial charge >= 0.3 is 5.76 Å². The smallest absolute Gasteiger partial charge is 0.439 e. The third-order valence-corrected chi connectivity index (χ3v) is 5.94. The number of nitrogens with one attached hydrogen (secondary N) is 2. The molecular formula is C25H19ClFN5O4. The number of rotatable bonds is 5. The van der Waals surface area contributed by atoms with Crippen LogP contribution in [0.1, 0.15) is 29.7 Å². The lowest BCUT2D eigenvalue weighted by molar-refractivity contribution is 0.388. The number of aryl methyl sites for hydroxylation is 1. The summed E-state index contributed by atoms with van der Waals surface area (Å²) in [7, 11) is 0. The molecule has 0 aliphatic heterocycles. The van der Waals surface area contributed by atoms with Crippen molar-refractivity contribution in [1.82, 2.24) is 20.1 Å². The second kappa shape index (κ2) is 9.04. The van der Waals surface area contributed by atoms with Gasteiger partial charge in [0.25, 0.3) is 0 Å². The van der Waals surface area contributed by atoms with Crippen LogP contribution in [0.25, 0.3) is 33.9 Å². The molecule has 0 spiro atoms. The molecule has 1 atom stereocenters. The van der Waals surface area contributed by atoms with E-state index in [1.54, 1.807) is 25.1 Å². The Hall–Kier alpha value is -4.31. The highest BCUT2D eigenvalue weighted by Gasteiger charge is 2.22. The van der Waals surface area contributed by atoms with Gasteiger partial charge in [-0.2, -0.15) is 0 Å². The quantitative estimate of drug-likeness (QED) is 0.312. The number of H-pyrrole nitrogens is 1. The molecule has 0 unspecified atom stereocenters. The maximum Gasteiger partial charge on any atom is 0.439 e. The first-order valence-corrected chi connectivity index (χ1v) is 11.3. The molecule has 4 aromatic heterocycles. The largest absolute Gasteiger partial charge is 0.453 e. The minimum absolute atomic E-state index is 0.0414. The molecular weight excluding hydrogens is 489 g/mol. The molecule has 0 bridgehead atoms. The maximum atomic E-state index is 14.5. The number of anilines is 1. The lowest BCUT2D eigenvalue weighted by atomic mass is 9.99. The SMILES string of the molecule is Cc1cc([C@@H](C)Nc2ccc(Cl)nc2-c2noc(=O)[nH]2)c2oc(-c3ncccc3F)c(C)c(=O)c2c1. The number of benzene rings is 1. The summed E-state index contributed by atoms with van der Waals surface area (Å²) < 4.78 is 25.3. The minimum atomic E-state index is -0.734. The van der Waals surface area contributed by atoms with Crippen LogP contribution in [-0.4, -0.2) is 20.1 Å². The molecule has 182 valence electrons. The first-order chi connectivity index (χ1) is 17.2. The number of hydrogen-bond donors (Lipinski definition) is 2. The molecule has 2 N–H and O–H groups in total. The van der Waals surface area contributed by atoms with E-state index in [-0.39, 0.29) is 39.1 Å². The van der Waals surface area contributed by atoms with Gasteiger partial charge in [-0.1, -0.05) is 22.8 Å². The Kier molecular flexibility index (Phi) is 5.89. The zero-order valence-electron chi connectivity index (χ0n) is 19.3. The molecule has 9 nitrogen and oxygen atoms in total. The summed E-state index contributed by atoms with van der Waals surface area (Å²) in [6, 6.07) is 9.17. The molecule has 0 fully saturated rings. The van der Waals surface area contributed by atoms with Crippen molar-refractivity contribution in [3.8, 4) is 23.0 Å². The van der Waals surface area contributed by atoms with Crippen LogP contribution >= 0.6 is 11.6 Å². The van der Waals surface area contributed by atoms with Crippen LogP contribution in [0, 0.1) is 19.7 Å². The second-order valence-electron chi connectivity index (χ2n) is 8.29. The highest BCUT2D eigenvalue weighted by molar-refractivity contribution is 6.29. The highest BCUT2D eigenvalue weighted by atomic mass is 35.5. The van der Waals surface area contributed by atoms with Crippen molar-refractivity contribution in [3.05, 3.63) is 91.0 Å². The van der Waals surface area contributed by atoms with E-state index < -0.39 is 17.6 Å². The van der Waals surface area contributed by atoms with Crippen LogP contribution in [0.4, 0.5) is 10.1 Å². The van der Waals surface area contributed by atoms with E-state index in [9.17, 15) is 14.0 Å². The third kappa shape index (κ3) is 4.16. The normalized spacial score (nSPS) is 12.1.